The summed E-state index contributed by atoms with van der Waals surface area (Å²) in [5, 5.41) is 6.19. The predicted octanol–water partition coefficient (Wildman–Crippen LogP) is 4.15. The molecule has 0 fully saturated rings. The third-order valence-electron chi connectivity index (χ3n) is 4.45. The molecule has 1 unspecified atom stereocenters. The highest BCUT2D eigenvalue weighted by atomic mass is 35.5. The second-order valence-corrected chi connectivity index (χ2v) is 6.04. The van der Waals surface area contributed by atoms with E-state index < -0.39 is 0 Å². The standard InChI is InChI=1S/C21H29N3O2.2ClH/c1-4-24(5-2)20(17-10-9-13-19(14-17)26-3)15-23-21(25)16-22-18-11-7-6-8-12-18;;/h6-14,20,22H,4-5,15-16H2,1-3H3,(H,23,25);2*1H. The average molecular weight is 428 g/mol. The highest BCUT2D eigenvalue weighted by Gasteiger charge is 2.19. The number of benzene rings is 2. The van der Waals surface area contributed by atoms with Crippen molar-refractivity contribution >= 4 is 36.4 Å². The van der Waals surface area contributed by atoms with Crippen LogP contribution >= 0.6 is 24.8 Å². The van der Waals surface area contributed by atoms with Gasteiger partial charge < -0.3 is 15.4 Å². The molecule has 0 aliphatic rings. The summed E-state index contributed by atoms with van der Waals surface area (Å²) < 4.78 is 5.35. The van der Waals surface area contributed by atoms with E-state index in [1.165, 1.54) is 0 Å². The van der Waals surface area contributed by atoms with Gasteiger partial charge in [-0.05, 0) is 42.9 Å². The normalized spacial score (nSPS) is 11.0. The lowest BCUT2D eigenvalue weighted by atomic mass is 10.0. The molecule has 7 heteroatoms. The van der Waals surface area contributed by atoms with Crippen LogP contribution in [0.5, 0.6) is 5.75 Å². The van der Waals surface area contributed by atoms with Gasteiger partial charge in [-0.1, -0.05) is 44.2 Å². The van der Waals surface area contributed by atoms with Crippen molar-refractivity contribution in [3.63, 3.8) is 0 Å². The second kappa shape index (κ2) is 14.1. The molecule has 0 aliphatic heterocycles. The highest BCUT2D eigenvalue weighted by Crippen LogP contribution is 2.23. The van der Waals surface area contributed by atoms with Gasteiger partial charge in [0.05, 0.1) is 19.7 Å². The van der Waals surface area contributed by atoms with Crippen LogP contribution in [0.15, 0.2) is 54.6 Å². The number of amides is 1. The van der Waals surface area contributed by atoms with Gasteiger partial charge in [0.15, 0.2) is 0 Å². The first-order chi connectivity index (χ1) is 12.7. The molecule has 2 aromatic carbocycles. The van der Waals surface area contributed by atoms with E-state index in [9.17, 15) is 4.79 Å². The Bertz CT molecular complexity index is 682. The molecule has 1 atom stereocenters. The molecule has 156 valence electrons. The van der Waals surface area contributed by atoms with E-state index >= 15 is 0 Å². The minimum absolute atomic E-state index is 0. The fraction of sp³-hybridized carbons (Fsp3) is 0.381. The number of anilines is 1. The van der Waals surface area contributed by atoms with Gasteiger partial charge in [0, 0.05) is 12.2 Å². The van der Waals surface area contributed by atoms with Crippen LogP contribution < -0.4 is 15.4 Å². The summed E-state index contributed by atoms with van der Waals surface area (Å²) in [6.07, 6.45) is 0. The van der Waals surface area contributed by atoms with Crippen LogP contribution in [-0.4, -0.2) is 44.1 Å². The SMILES string of the molecule is CCN(CC)C(CNC(=O)CNc1ccccc1)c1cccc(OC)c1.Cl.Cl. The van der Waals surface area contributed by atoms with Crippen molar-refractivity contribution in [2.45, 2.75) is 19.9 Å². The molecule has 28 heavy (non-hydrogen) atoms. The van der Waals surface area contributed by atoms with Crippen molar-refractivity contribution in [1.29, 1.82) is 0 Å². The molecule has 2 rings (SSSR count). The number of hydrogen-bond donors (Lipinski definition) is 2. The summed E-state index contributed by atoms with van der Waals surface area (Å²) in [4.78, 5) is 14.6. The van der Waals surface area contributed by atoms with E-state index in [1.54, 1.807) is 7.11 Å². The molecule has 2 N–H and O–H groups in total. The first kappa shape index (κ1) is 26.1. The largest absolute Gasteiger partial charge is 0.497 e. The lowest BCUT2D eigenvalue weighted by Gasteiger charge is -2.30. The highest BCUT2D eigenvalue weighted by molar-refractivity contribution is 5.85. The van der Waals surface area contributed by atoms with Crippen LogP contribution in [0.25, 0.3) is 0 Å². The second-order valence-electron chi connectivity index (χ2n) is 6.04. The van der Waals surface area contributed by atoms with E-state index in [-0.39, 0.29) is 43.3 Å². The Hall–Kier alpha value is -1.95. The summed E-state index contributed by atoms with van der Waals surface area (Å²) in [5.41, 5.74) is 2.08. The van der Waals surface area contributed by atoms with Crippen molar-refractivity contribution in [3.8, 4) is 5.75 Å². The number of methoxy groups -OCH3 is 1. The topological polar surface area (TPSA) is 53.6 Å². The van der Waals surface area contributed by atoms with Crippen LogP contribution in [0.4, 0.5) is 5.69 Å². The number of hydrogen-bond acceptors (Lipinski definition) is 4. The number of ether oxygens (including phenoxy) is 1. The van der Waals surface area contributed by atoms with Gasteiger partial charge in [0.2, 0.25) is 5.91 Å². The molecular formula is C21H31Cl2N3O2. The Labute approximate surface area is 180 Å². The molecule has 5 nitrogen and oxygen atoms in total. The van der Waals surface area contributed by atoms with Gasteiger partial charge in [-0.15, -0.1) is 24.8 Å². The number of halogens is 2. The van der Waals surface area contributed by atoms with Gasteiger partial charge in [-0.3, -0.25) is 9.69 Å². The lowest BCUT2D eigenvalue weighted by molar-refractivity contribution is -0.119. The van der Waals surface area contributed by atoms with Crippen LogP contribution in [0.1, 0.15) is 25.5 Å². The monoisotopic (exact) mass is 427 g/mol. The molecule has 0 saturated carbocycles. The van der Waals surface area contributed by atoms with E-state index in [1.807, 2.05) is 48.5 Å². The summed E-state index contributed by atoms with van der Waals surface area (Å²) in [5.74, 6) is 0.811. The van der Waals surface area contributed by atoms with Crippen LogP contribution in [0.3, 0.4) is 0 Å². The maximum atomic E-state index is 12.3. The van der Waals surface area contributed by atoms with Crippen LogP contribution in [0.2, 0.25) is 0 Å². The Kier molecular flexibility index (Phi) is 13.1. The number of carbonyl (C=O) groups excluding carboxylic acids is 1. The fourth-order valence-electron chi connectivity index (χ4n) is 2.98. The molecule has 0 saturated heterocycles. The van der Waals surface area contributed by atoms with Crippen LogP contribution in [-0.2, 0) is 4.79 Å². The first-order valence-corrected chi connectivity index (χ1v) is 9.11. The third-order valence-corrected chi connectivity index (χ3v) is 4.45. The zero-order chi connectivity index (χ0) is 18.8. The molecular weight excluding hydrogens is 397 g/mol. The Balaban J connectivity index is 0.00000364. The summed E-state index contributed by atoms with van der Waals surface area (Å²) >= 11 is 0. The van der Waals surface area contributed by atoms with E-state index in [2.05, 4.69) is 35.4 Å². The van der Waals surface area contributed by atoms with Gasteiger partial charge in [0.1, 0.15) is 5.75 Å². The van der Waals surface area contributed by atoms with E-state index in [0.717, 1.165) is 30.1 Å². The maximum absolute atomic E-state index is 12.3. The van der Waals surface area contributed by atoms with Crippen molar-refractivity contribution < 1.29 is 9.53 Å². The molecule has 0 aromatic heterocycles. The van der Waals surface area contributed by atoms with E-state index in [4.69, 9.17) is 4.74 Å². The smallest absolute Gasteiger partial charge is 0.239 e. The zero-order valence-electron chi connectivity index (χ0n) is 16.7. The zero-order valence-corrected chi connectivity index (χ0v) is 18.3. The first-order valence-electron chi connectivity index (χ1n) is 9.11. The van der Waals surface area contributed by atoms with Gasteiger partial charge in [0.25, 0.3) is 0 Å². The number of nitrogens with zero attached hydrogens (tertiary/aromatic N) is 1. The minimum Gasteiger partial charge on any atom is -0.497 e. The molecule has 0 aliphatic carbocycles. The van der Waals surface area contributed by atoms with E-state index in [0.29, 0.717) is 6.54 Å². The Morgan fingerprint density at radius 3 is 2.32 bits per heavy atom. The van der Waals surface area contributed by atoms with Gasteiger partial charge >= 0.3 is 0 Å². The predicted molar refractivity (Wildman–Crippen MR) is 121 cm³/mol. The maximum Gasteiger partial charge on any atom is 0.239 e. The number of para-hydroxylation sites is 1. The minimum atomic E-state index is -0.0195. The molecule has 0 heterocycles. The van der Waals surface area contributed by atoms with Crippen molar-refractivity contribution in [2.75, 3.05) is 38.6 Å². The number of rotatable bonds is 10. The molecule has 0 bridgehead atoms. The lowest BCUT2D eigenvalue weighted by Crippen LogP contribution is -2.39. The summed E-state index contributed by atoms with van der Waals surface area (Å²) in [7, 11) is 1.67. The molecule has 2 aromatic rings. The molecule has 0 spiro atoms. The number of carbonyl (C=O) groups is 1. The number of likely N-dealkylation sites (N-methyl/N-ethyl adjacent to an activating group) is 1. The molecule has 0 radical (unpaired) electrons. The molecule has 1 amide bonds. The Morgan fingerprint density at radius 1 is 1.04 bits per heavy atom. The summed E-state index contributed by atoms with van der Waals surface area (Å²) in [6, 6.07) is 17.9. The van der Waals surface area contributed by atoms with Gasteiger partial charge in [-0.2, -0.15) is 0 Å². The average Bonchev–Trinajstić information content (AvgIpc) is 2.70. The number of nitrogens with one attached hydrogen (secondary N) is 2. The fourth-order valence-corrected chi connectivity index (χ4v) is 2.98. The van der Waals surface area contributed by atoms with Crippen molar-refractivity contribution in [2.24, 2.45) is 0 Å². The Morgan fingerprint density at radius 2 is 1.71 bits per heavy atom. The quantitative estimate of drug-likeness (QED) is 0.597. The van der Waals surface area contributed by atoms with Gasteiger partial charge in [-0.25, -0.2) is 0 Å². The summed E-state index contributed by atoms with van der Waals surface area (Å²) in [6.45, 7) is 6.91. The van der Waals surface area contributed by atoms with Crippen LogP contribution in [0, 0.1) is 0 Å². The van der Waals surface area contributed by atoms with Crippen molar-refractivity contribution in [3.05, 3.63) is 60.2 Å². The van der Waals surface area contributed by atoms with Crippen molar-refractivity contribution in [1.82, 2.24) is 10.2 Å². The third kappa shape index (κ3) is 7.97.